The van der Waals surface area contributed by atoms with Gasteiger partial charge in [-0.05, 0) is 40.2 Å². The number of halogens is 2. The van der Waals surface area contributed by atoms with E-state index < -0.39 is 0 Å². The Kier molecular flexibility index (Phi) is 5.17. The van der Waals surface area contributed by atoms with Crippen LogP contribution in [0.4, 0.5) is 5.82 Å². The van der Waals surface area contributed by atoms with Crippen molar-refractivity contribution in [2.45, 2.75) is 0 Å². The van der Waals surface area contributed by atoms with E-state index in [-0.39, 0.29) is 5.75 Å². The predicted molar refractivity (Wildman–Crippen MR) is 99.1 cm³/mol. The maximum Gasteiger partial charge on any atom is 0.138 e. The molecular weight excluding hydrogens is 424 g/mol. The third-order valence-electron chi connectivity index (χ3n) is 3.65. The van der Waals surface area contributed by atoms with Crippen molar-refractivity contribution in [3.63, 3.8) is 0 Å². The van der Waals surface area contributed by atoms with Gasteiger partial charge in [0, 0.05) is 29.3 Å². The van der Waals surface area contributed by atoms with Crippen LogP contribution in [0.15, 0.2) is 50.6 Å². The number of nitrogens with zero attached hydrogens (tertiary/aromatic N) is 4. The van der Waals surface area contributed by atoms with Crippen LogP contribution in [0.25, 0.3) is 0 Å². The van der Waals surface area contributed by atoms with Gasteiger partial charge in [0.2, 0.25) is 0 Å². The highest BCUT2D eigenvalue weighted by Crippen LogP contribution is 2.30. The number of pyridine rings is 1. The van der Waals surface area contributed by atoms with Gasteiger partial charge in [-0.3, -0.25) is 5.01 Å². The van der Waals surface area contributed by atoms with Crippen molar-refractivity contribution in [1.82, 2.24) is 9.99 Å². The first-order valence-electron chi connectivity index (χ1n) is 7.26. The van der Waals surface area contributed by atoms with E-state index in [1.165, 1.54) is 0 Å². The van der Waals surface area contributed by atoms with E-state index in [1.807, 2.05) is 35.5 Å². The second-order valence-electron chi connectivity index (χ2n) is 5.20. The normalized spacial score (nSPS) is 15.4. The van der Waals surface area contributed by atoms with E-state index in [0.29, 0.717) is 10.0 Å². The molecule has 1 aromatic heterocycles. The molecule has 0 unspecified atom stereocenters. The minimum Gasteiger partial charge on any atom is -0.506 e. The van der Waals surface area contributed by atoms with Gasteiger partial charge < -0.3 is 10.0 Å². The molecule has 5 nitrogen and oxygen atoms in total. The molecule has 1 N–H and O–H groups in total. The molecule has 23 heavy (non-hydrogen) atoms. The minimum atomic E-state index is 0.198. The van der Waals surface area contributed by atoms with Gasteiger partial charge in [-0.15, -0.1) is 0 Å². The maximum atomic E-state index is 10.0. The van der Waals surface area contributed by atoms with Gasteiger partial charge >= 0.3 is 0 Å². The van der Waals surface area contributed by atoms with Gasteiger partial charge in [0.05, 0.1) is 23.8 Å². The summed E-state index contributed by atoms with van der Waals surface area (Å²) in [5, 5.41) is 16.5. The van der Waals surface area contributed by atoms with Crippen molar-refractivity contribution in [2.75, 3.05) is 31.1 Å². The lowest BCUT2D eigenvalue weighted by Crippen LogP contribution is -2.44. The Bertz CT molecular complexity index is 701. The van der Waals surface area contributed by atoms with Crippen LogP contribution in [0.5, 0.6) is 5.75 Å². The Balaban J connectivity index is 1.63. The van der Waals surface area contributed by atoms with E-state index in [2.05, 4.69) is 46.8 Å². The second kappa shape index (κ2) is 7.31. The summed E-state index contributed by atoms with van der Waals surface area (Å²) in [7, 11) is 0. The molecule has 1 aliphatic heterocycles. The van der Waals surface area contributed by atoms with Crippen LogP contribution in [0, 0.1) is 0 Å². The van der Waals surface area contributed by atoms with Crippen LogP contribution in [-0.4, -0.2) is 47.5 Å². The first-order chi connectivity index (χ1) is 11.1. The quantitative estimate of drug-likeness (QED) is 0.744. The highest BCUT2D eigenvalue weighted by Gasteiger charge is 2.16. The number of phenolic OH excluding ortho intramolecular Hbond substituents is 1. The number of phenols is 1. The summed E-state index contributed by atoms with van der Waals surface area (Å²) >= 11 is 6.74. The molecule has 7 heteroatoms. The van der Waals surface area contributed by atoms with Crippen LogP contribution >= 0.6 is 31.9 Å². The molecule has 0 bridgehead atoms. The minimum absolute atomic E-state index is 0.198. The number of rotatable bonds is 3. The Morgan fingerprint density at radius 1 is 1.13 bits per heavy atom. The molecule has 1 saturated heterocycles. The highest BCUT2D eigenvalue weighted by molar-refractivity contribution is 9.11. The van der Waals surface area contributed by atoms with Crippen molar-refractivity contribution >= 4 is 43.9 Å². The molecule has 0 aliphatic carbocycles. The van der Waals surface area contributed by atoms with Gasteiger partial charge in [-0.1, -0.05) is 22.0 Å². The third kappa shape index (κ3) is 4.03. The van der Waals surface area contributed by atoms with Crippen molar-refractivity contribution in [3.8, 4) is 5.75 Å². The lowest BCUT2D eigenvalue weighted by molar-refractivity contribution is 0.271. The zero-order valence-electron chi connectivity index (χ0n) is 12.4. The monoisotopic (exact) mass is 438 g/mol. The molecule has 0 saturated carbocycles. The zero-order valence-corrected chi connectivity index (χ0v) is 15.5. The first kappa shape index (κ1) is 16.3. The zero-order chi connectivity index (χ0) is 16.2. The van der Waals surface area contributed by atoms with Gasteiger partial charge in [-0.2, -0.15) is 5.10 Å². The van der Waals surface area contributed by atoms with E-state index in [4.69, 9.17) is 0 Å². The summed E-state index contributed by atoms with van der Waals surface area (Å²) < 4.78 is 1.54. The summed E-state index contributed by atoms with van der Waals surface area (Å²) in [6.45, 7) is 3.40. The molecule has 0 spiro atoms. The predicted octanol–water partition coefficient (Wildman–Crippen LogP) is 3.47. The molecule has 0 atom stereocenters. The fourth-order valence-corrected chi connectivity index (χ4v) is 3.67. The molecule has 1 fully saturated rings. The number of aromatic hydroxyl groups is 1. The number of aromatic nitrogens is 1. The van der Waals surface area contributed by atoms with Crippen LogP contribution < -0.4 is 4.90 Å². The SMILES string of the molecule is Oc1c(Br)cc(Br)cc1/C=N\N1CCN(c2ccccn2)CC1. The number of hydrazone groups is 1. The van der Waals surface area contributed by atoms with Gasteiger partial charge in [-0.25, -0.2) is 4.98 Å². The smallest absolute Gasteiger partial charge is 0.138 e. The fraction of sp³-hybridized carbons (Fsp3) is 0.250. The highest BCUT2D eigenvalue weighted by atomic mass is 79.9. The summed E-state index contributed by atoms with van der Waals surface area (Å²) in [5.41, 5.74) is 0.679. The Morgan fingerprint density at radius 2 is 1.91 bits per heavy atom. The standard InChI is InChI=1S/C16H16Br2N4O/c17-13-9-12(16(23)14(18)10-13)11-20-22-7-5-21(6-8-22)15-3-1-2-4-19-15/h1-4,9-11,23H,5-8H2/b20-11-. The molecule has 2 aromatic rings. The van der Waals surface area contributed by atoms with Gasteiger partial charge in [0.15, 0.2) is 0 Å². The van der Waals surface area contributed by atoms with Crippen molar-refractivity contribution in [3.05, 3.63) is 51.0 Å². The summed E-state index contributed by atoms with van der Waals surface area (Å²) in [4.78, 5) is 6.63. The molecule has 120 valence electrons. The molecule has 0 amide bonds. The fourth-order valence-electron chi connectivity index (χ4n) is 2.41. The van der Waals surface area contributed by atoms with Crippen molar-refractivity contribution < 1.29 is 5.11 Å². The van der Waals surface area contributed by atoms with Crippen molar-refractivity contribution in [2.24, 2.45) is 5.10 Å². The number of anilines is 1. The average molecular weight is 440 g/mol. The number of hydrogen-bond donors (Lipinski definition) is 1. The van der Waals surface area contributed by atoms with Crippen molar-refractivity contribution in [1.29, 1.82) is 0 Å². The van der Waals surface area contributed by atoms with E-state index >= 15 is 0 Å². The maximum absolute atomic E-state index is 10.0. The molecular formula is C16H16Br2N4O. The molecule has 0 radical (unpaired) electrons. The van der Waals surface area contributed by atoms with Gasteiger partial charge in [0.1, 0.15) is 11.6 Å². The summed E-state index contributed by atoms with van der Waals surface area (Å²) in [5.74, 6) is 1.20. The van der Waals surface area contributed by atoms with Crippen LogP contribution in [0.3, 0.4) is 0 Å². The van der Waals surface area contributed by atoms with Crippen LogP contribution in [0.2, 0.25) is 0 Å². The van der Waals surface area contributed by atoms with Gasteiger partial charge in [0.25, 0.3) is 0 Å². The number of benzene rings is 1. The number of piperazine rings is 1. The van der Waals surface area contributed by atoms with E-state index in [1.54, 1.807) is 12.3 Å². The lowest BCUT2D eigenvalue weighted by atomic mass is 10.2. The largest absolute Gasteiger partial charge is 0.506 e. The second-order valence-corrected chi connectivity index (χ2v) is 6.97. The molecule has 1 aliphatic rings. The van der Waals surface area contributed by atoms with Crippen LogP contribution in [0.1, 0.15) is 5.56 Å². The lowest BCUT2D eigenvalue weighted by Gasteiger charge is -2.33. The average Bonchev–Trinajstić information content (AvgIpc) is 2.58. The first-order valence-corrected chi connectivity index (χ1v) is 8.85. The summed E-state index contributed by atoms with van der Waals surface area (Å²) in [6.07, 6.45) is 3.51. The Hall–Kier alpha value is -1.60. The topological polar surface area (TPSA) is 52.0 Å². The molecule has 2 heterocycles. The Labute approximate surface area is 151 Å². The number of hydrogen-bond acceptors (Lipinski definition) is 5. The Morgan fingerprint density at radius 3 is 2.61 bits per heavy atom. The molecule has 1 aromatic carbocycles. The summed E-state index contributed by atoms with van der Waals surface area (Å²) in [6, 6.07) is 9.59. The third-order valence-corrected chi connectivity index (χ3v) is 4.71. The van der Waals surface area contributed by atoms with Crippen LogP contribution in [-0.2, 0) is 0 Å². The van der Waals surface area contributed by atoms with E-state index in [9.17, 15) is 5.11 Å². The molecule has 3 rings (SSSR count). The van der Waals surface area contributed by atoms with E-state index in [0.717, 1.165) is 36.5 Å².